The van der Waals surface area contributed by atoms with Gasteiger partial charge in [-0.1, -0.05) is 254 Å². The average Bonchev–Trinajstić information content (AvgIpc) is 1.51. The molecule has 2 aliphatic carbocycles. The lowest BCUT2D eigenvalue weighted by Gasteiger charge is -2.29. The second-order valence-corrected chi connectivity index (χ2v) is 42.2. The summed E-state index contributed by atoms with van der Waals surface area (Å²) in [5.41, 5.74) is 34.1. The number of nitrogens with zero attached hydrogens (tertiary/aromatic N) is 4. The lowest BCUT2D eigenvalue weighted by atomic mass is 9.78. The summed E-state index contributed by atoms with van der Waals surface area (Å²) in [6.07, 6.45) is 0. The van der Waals surface area contributed by atoms with Gasteiger partial charge in [0, 0.05) is 88.6 Å². The van der Waals surface area contributed by atoms with E-state index in [1.54, 1.807) is 0 Å². The molecular weight excluding hydrogens is 1610 g/mol. The molecule has 0 bridgehead atoms. The van der Waals surface area contributed by atoms with E-state index in [9.17, 15) is 0 Å². The summed E-state index contributed by atoms with van der Waals surface area (Å²) < 4.78 is 26.9. The van der Waals surface area contributed by atoms with Crippen molar-refractivity contribution in [2.24, 2.45) is 0 Å². The van der Waals surface area contributed by atoms with Crippen LogP contribution in [0.25, 0.3) is 175 Å². The van der Waals surface area contributed by atoms with Crippen LogP contribution in [0.3, 0.4) is 0 Å². The molecule has 20 aromatic carbocycles. The maximum Gasteiger partial charge on any atom is 0.159 e. The summed E-state index contributed by atoms with van der Waals surface area (Å²) in [7, 11) is -1.67. The van der Waals surface area contributed by atoms with Crippen LogP contribution >= 0.6 is 0 Å². The van der Waals surface area contributed by atoms with E-state index < -0.39 is 8.07 Å². The molecule has 4 aromatic heterocycles. The zero-order chi connectivity index (χ0) is 87.8. The molecule has 0 N–H and O–H groups in total. The molecule has 0 saturated carbocycles. The Balaban J connectivity index is 0.000000141. The average molecular weight is 1700 g/mol. The molecule has 0 aliphatic heterocycles. The second kappa shape index (κ2) is 30.1. The van der Waals surface area contributed by atoms with E-state index in [0.29, 0.717) is 11.8 Å². The van der Waals surface area contributed by atoms with Crippen LogP contribution in [0.4, 0.5) is 68.2 Å². The minimum Gasteiger partial charge on any atom is -0.454 e. The Morgan fingerprint density at radius 3 is 0.809 bits per heavy atom. The quantitative estimate of drug-likeness (QED) is 0.0941. The van der Waals surface area contributed by atoms with Crippen LogP contribution in [0.2, 0.25) is 19.6 Å². The van der Waals surface area contributed by atoms with Crippen molar-refractivity contribution in [2.75, 3.05) is 19.6 Å². The molecule has 24 aromatic rings. The molecular formula is C122H90N4O4Si. The number of anilines is 12. The van der Waals surface area contributed by atoms with Crippen LogP contribution < -0.4 is 24.8 Å². The second-order valence-electron chi connectivity index (χ2n) is 37.1. The van der Waals surface area contributed by atoms with Crippen molar-refractivity contribution in [2.45, 2.75) is 66.1 Å². The number of hydrogen-bond donors (Lipinski definition) is 0. The van der Waals surface area contributed by atoms with Crippen molar-refractivity contribution in [3.05, 3.63) is 405 Å². The molecule has 0 unspecified atom stereocenters. The number of hydrogen-bond acceptors (Lipinski definition) is 8. The maximum absolute atomic E-state index is 6.95. The first-order valence-corrected chi connectivity index (χ1v) is 49.1. The summed E-state index contributed by atoms with van der Waals surface area (Å²) in [5, 5.41) is 20.1. The first-order chi connectivity index (χ1) is 64.1. The maximum atomic E-state index is 6.95. The molecule has 0 fully saturated rings. The highest BCUT2D eigenvalue weighted by Gasteiger charge is 2.32. The van der Waals surface area contributed by atoms with E-state index in [2.05, 4.69) is 450 Å². The highest BCUT2D eigenvalue weighted by Crippen LogP contribution is 2.56. The predicted molar refractivity (Wildman–Crippen MR) is 556 cm³/mol. The fraction of sp³-hybridized carbons (Fsp3) is 0.0820. The lowest BCUT2D eigenvalue weighted by Crippen LogP contribution is -2.37. The normalized spacial score (nSPS) is 12.3. The summed E-state index contributed by atoms with van der Waals surface area (Å²) in [5.74, 6) is 0.886. The molecule has 131 heavy (non-hydrogen) atoms. The van der Waals surface area contributed by atoms with Gasteiger partial charge in [-0.25, -0.2) is 0 Å². The molecule has 2 aliphatic rings. The van der Waals surface area contributed by atoms with E-state index in [4.69, 9.17) is 17.7 Å². The Morgan fingerprint density at radius 1 is 0.206 bits per heavy atom. The van der Waals surface area contributed by atoms with Gasteiger partial charge in [0.1, 0.15) is 22.3 Å². The van der Waals surface area contributed by atoms with E-state index in [0.717, 1.165) is 156 Å². The van der Waals surface area contributed by atoms with Gasteiger partial charge in [0.25, 0.3) is 0 Å². The minimum atomic E-state index is -1.67. The van der Waals surface area contributed by atoms with Crippen molar-refractivity contribution in [1.82, 2.24) is 0 Å². The van der Waals surface area contributed by atoms with Gasteiger partial charge in [-0.15, -0.1) is 0 Å². The Morgan fingerprint density at radius 2 is 0.466 bits per heavy atom. The third-order valence-corrected chi connectivity index (χ3v) is 29.5. The summed E-state index contributed by atoms with van der Waals surface area (Å²) in [6.45, 7) is 18.2. The zero-order valence-corrected chi connectivity index (χ0v) is 75.0. The number of benzene rings is 20. The standard InChI is InChI=1S/C62H46N2O2.C60H44N2O2Si/c1-37(2)39-19-25-45(26-20-39)63(57-15-9-13-51-49-11-5-7-17-59(49)65-61(51)57)47-29-23-41-33-53-55(35-43(41)31-47)54-34-42-24-30-48(32-44(42)36-56(53)54)64(46-27-21-40(22-28-46)38(3)4)58-16-10-14-52-50-12-6-8-18-60(50)66-62(52)58;1-37-15-11-20-46-47-21-12-24-54(58(47)63-57(37)46)61(42-16-7-5-8-17-42)44-29-27-38-33-50-52(35-40(38)31-44)51-34-39-28-30-45(32-41(39)36-53(50)51)62(43-18-9-6-10-19-43)55-25-13-22-48-49-23-14-26-56(65(2,3)4)60(49)64-59(48)55/h5-38H,1-4H3;5-36H,1-4H3. The van der Waals surface area contributed by atoms with Crippen molar-refractivity contribution in [3.63, 3.8) is 0 Å². The van der Waals surface area contributed by atoms with Crippen molar-refractivity contribution < 1.29 is 17.7 Å². The minimum absolute atomic E-state index is 0.443. The van der Waals surface area contributed by atoms with Crippen LogP contribution in [0.1, 0.15) is 56.2 Å². The van der Waals surface area contributed by atoms with Crippen LogP contribution in [-0.4, -0.2) is 8.07 Å². The van der Waals surface area contributed by atoms with Gasteiger partial charge in [0.2, 0.25) is 0 Å². The van der Waals surface area contributed by atoms with Gasteiger partial charge in [0.15, 0.2) is 22.3 Å². The van der Waals surface area contributed by atoms with Crippen LogP contribution in [0.5, 0.6) is 0 Å². The smallest absolute Gasteiger partial charge is 0.159 e. The summed E-state index contributed by atoms with van der Waals surface area (Å²) in [6, 6.07) is 141. The number of furan rings is 4. The largest absolute Gasteiger partial charge is 0.454 e. The molecule has 26 rings (SSSR count). The number of rotatable bonds is 15. The summed E-state index contributed by atoms with van der Waals surface area (Å²) in [4.78, 5) is 9.38. The SMILES string of the molecule is CC(C)c1ccc(N(c2ccc3cc4c(cc3c2)-c2cc3ccc(N(c5ccc(C(C)C)cc5)c5cccc6c5oc5ccccc56)cc3cc2-4)c2cccc3c2oc2ccccc23)cc1.Cc1cccc2c1oc1c(N(c3ccccc3)c3ccc4cc5c(cc4c3)-c3cc4ccc(N(c6ccccc6)c6cccc7c6oc6c([Si](C)(C)C)cccc67)cc4cc3-5)cccc12. The summed E-state index contributed by atoms with van der Waals surface area (Å²) >= 11 is 0. The monoisotopic (exact) mass is 1700 g/mol. The Hall–Kier alpha value is -15.9. The first-order valence-electron chi connectivity index (χ1n) is 45.6. The predicted octanol–water partition coefficient (Wildman–Crippen LogP) is 35.9. The fourth-order valence-electron chi connectivity index (χ4n) is 20.7. The van der Waals surface area contributed by atoms with Crippen molar-refractivity contribution in [3.8, 4) is 44.5 Å². The Kier molecular flexibility index (Phi) is 17.8. The van der Waals surface area contributed by atoms with Gasteiger partial charge in [-0.05, 0) is 310 Å². The Labute approximate surface area is 759 Å². The van der Waals surface area contributed by atoms with Gasteiger partial charge in [-0.3, -0.25) is 0 Å². The molecule has 0 radical (unpaired) electrons. The van der Waals surface area contributed by atoms with Crippen LogP contribution in [-0.2, 0) is 0 Å². The molecule has 0 saturated heterocycles. The number of para-hydroxylation sites is 10. The molecule has 0 spiro atoms. The Bertz CT molecular complexity index is 8540. The molecule has 0 atom stereocenters. The van der Waals surface area contributed by atoms with E-state index in [1.165, 1.54) is 109 Å². The third-order valence-electron chi connectivity index (χ3n) is 27.4. The first kappa shape index (κ1) is 77.4. The third kappa shape index (κ3) is 12.7. The lowest BCUT2D eigenvalue weighted by molar-refractivity contribution is 0.666. The van der Waals surface area contributed by atoms with Crippen LogP contribution in [0.15, 0.2) is 406 Å². The van der Waals surface area contributed by atoms with Gasteiger partial charge < -0.3 is 37.3 Å². The molecule has 9 heteroatoms. The van der Waals surface area contributed by atoms with Gasteiger partial charge in [0.05, 0.1) is 30.8 Å². The highest BCUT2D eigenvalue weighted by molar-refractivity contribution is 6.90. The van der Waals surface area contributed by atoms with Gasteiger partial charge in [-0.2, -0.15) is 0 Å². The molecule has 8 nitrogen and oxygen atoms in total. The number of fused-ring (bicyclic) bond motifs is 24. The number of aryl methyl sites for hydroxylation is 1. The van der Waals surface area contributed by atoms with Crippen LogP contribution in [0, 0.1) is 6.92 Å². The van der Waals surface area contributed by atoms with Crippen molar-refractivity contribution in [1.29, 1.82) is 0 Å². The fourth-order valence-corrected chi connectivity index (χ4v) is 22.2. The van der Waals surface area contributed by atoms with E-state index in [-0.39, 0.29) is 0 Å². The van der Waals surface area contributed by atoms with E-state index in [1.807, 2.05) is 12.1 Å². The zero-order valence-electron chi connectivity index (χ0n) is 74.0. The molecule has 4 heterocycles. The van der Waals surface area contributed by atoms with E-state index >= 15 is 0 Å². The van der Waals surface area contributed by atoms with Crippen molar-refractivity contribution >= 4 is 212 Å². The topological polar surface area (TPSA) is 65.5 Å². The van der Waals surface area contributed by atoms with Gasteiger partial charge >= 0.3 is 0 Å². The molecule has 0 amide bonds. The highest BCUT2D eigenvalue weighted by atomic mass is 28.3. The molecule has 626 valence electrons.